The van der Waals surface area contributed by atoms with E-state index in [1.54, 1.807) is 29.6 Å². The maximum atomic E-state index is 12.3. The summed E-state index contributed by atoms with van der Waals surface area (Å²) in [6.45, 7) is 1.44. The fourth-order valence-electron chi connectivity index (χ4n) is 2.23. The van der Waals surface area contributed by atoms with E-state index in [9.17, 15) is 4.79 Å². The molecule has 2 heterocycles. The molecule has 0 spiro atoms. The minimum absolute atomic E-state index is 0.119. The molecule has 2 aromatic heterocycles. The molecule has 3 rings (SSSR count). The lowest BCUT2D eigenvalue weighted by Crippen LogP contribution is -2.27. The van der Waals surface area contributed by atoms with Crippen LogP contribution in [0.3, 0.4) is 0 Å². The summed E-state index contributed by atoms with van der Waals surface area (Å²) in [5.74, 6) is -0.119. The highest BCUT2D eigenvalue weighted by atomic mass is 16.1. The molecule has 1 aromatic carbocycles. The predicted molar refractivity (Wildman–Crippen MR) is 82.7 cm³/mol. The van der Waals surface area contributed by atoms with Crippen molar-refractivity contribution < 1.29 is 4.79 Å². The van der Waals surface area contributed by atoms with Crippen LogP contribution in [0.2, 0.25) is 0 Å². The van der Waals surface area contributed by atoms with Gasteiger partial charge in [0, 0.05) is 31.2 Å². The topological polar surface area (TPSA) is 64.7 Å². The van der Waals surface area contributed by atoms with Crippen molar-refractivity contribution in [1.29, 1.82) is 0 Å². The summed E-state index contributed by atoms with van der Waals surface area (Å²) in [7, 11) is 0. The molecule has 6 heteroatoms. The van der Waals surface area contributed by atoms with Gasteiger partial charge in [-0.3, -0.25) is 9.36 Å². The van der Waals surface area contributed by atoms with Gasteiger partial charge in [-0.15, -0.1) is 0 Å². The molecule has 0 radical (unpaired) electrons. The summed E-state index contributed by atoms with van der Waals surface area (Å²) < 4.78 is 3.77. The number of imidazole rings is 2. The van der Waals surface area contributed by atoms with E-state index >= 15 is 0 Å². The normalized spacial score (nSPS) is 10.5. The van der Waals surface area contributed by atoms with Gasteiger partial charge in [-0.25, -0.2) is 9.97 Å². The van der Waals surface area contributed by atoms with E-state index in [1.165, 1.54) is 0 Å². The van der Waals surface area contributed by atoms with Gasteiger partial charge in [-0.05, 0) is 18.6 Å². The first kappa shape index (κ1) is 14.1. The Morgan fingerprint density at radius 3 is 2.77 bits per heavy atom. The summed E-state index contributed by atoms with van der Waals surface area (Å²) in [6, 6.07) is 9.69. The molecular weight excluding hydrogens is 278 g/mol. The van der Waals surface area contributed by atoms with E-state index in [2.05, 4.69) is 15.3 Å². The third kappa shape index (κ3) is 3.22. The number of nitrogens with zero attached hydrogens (tertiary/aromatic N) is 4. The second-order valence-corrected chi connectivity index (χ2v) is 4.89. The monoisotopic (exact) mass is 295 g/mol. The lowest BCUT2D eigenvalue weighted by atomic mass is 10.3. The van der Waals surface area contributed by atoms with Gasteiger partial charge < -0.3 is 9.88 Å². The van der Waals surface area contributed by atoms with Crippen LogP contribution < -0.4 is 5.32 Å². The molecule has 0 saturated heterocycles. The van der Waals surface area contributed by atoms with E-state index in [0.717, 1.165) is 18.7 Å². The van der Waals surface area contributed by atoms with Crippen LogP contribution in [0, 0.1) is 0 Å². The first-order chi connectivity index (χ1) is 10.8. The van der Waals surface area contributed by atoms with Gasteiger partial charge in [0.1, 0.15) is 5.69 Å². The lowest BCUT2D eigenvalue weighted by molar-refractivity contribution is 0.0946. The Hall–Kier alpha value is -2.89. The minimum atomic E-state index is -0.119. The molecule has 0 bridgehead atoms. The van der Waals surface area contributed by atoms with E-state index in [-0.39, 0.29) is 5.91 Å². The van der Waals surface area contributed by atoms with Crippen molar-refractivity contribution in [1.82, 2.24) is 24.4 Å². The standard InChI is InChI=1S/C16H17N5O/c22-16(19-7-4-9-20-10-8-17-12-20)15-11-18-13-21(15)14-5-2-1-3-6-14/h1-3,5-6,8,10-13H,4,7,9H2,(H,19,22). The van der Waals surface area contributed by atoms with Gasteiger partial charge >= 0.3 is 0 Å². The van der Waals surface area contributed by atoms with Crippen molar-refractivity contribution in [3.63, 3.8) is 0 Å². The van der Waals surface area contributed by atoms with Gasteiger partial charge in [0.15, 0.2) is 0 Å². The first-order valence-electron chi connectivity index (χ1n) is 7.16. The van der Waals surface area contributed by atoms with Gasteiger partial charge in [-0.2, -0.15) is 0 Å². The van der Waals surface area contributed by atoms with Crippen LogP contribution in [0.15, 0.2) is 61.6 Å². The molecule has 0 fully saturated rings. The van der Waals surface area contributed by atoms with E-state index in [0.29, 0.717) is 12.2 Å². The Bertz CT molecular complexity index is 718. The number of hydrogen-bond acceptors (Lipinski definition) is 3. The molecule has 3 aromatic rings. The van der Waals surface area contributed by atoms with Crippen molar-refractivity contribution in [2.75, 3.05) is 6.54 Å². The van der Waals surface area contributed by atoms with Crippen molar-refractivity contribution in [3.8, 4) is 5.69 Å². The number of benzene rings is 1. The Labute approximate surface area is 128 Å². The van der Waals surface area contributed by atoms with Gasteiger partial charge in [0.05, 0.1) is 18.9 Å². The molecule has 22 heavy (non-hydrogen) atoms. The lowest BCUT2D eigenvalue weighted by Gasteiger charge is -2.09. The van der Waals surface area contributed by atoms with Crippen molar-refractivity contribution >= 4 is 5.91 Å². The molecule has 0 atom stereocenters. The highest BCUT2D eigenvalue weighted by Crippen LogP contribution is 2.10. The van der Waals surface area contributed by atoms with Crippen LogP contribution in [0.1, 0.15) is 16.9 Å². The van der Waals surface area contributed by atoms with E-state index in [4.69, 9.17) is 0 Å². The second kappa shape index (κ2) is 6.71. The number of hydrogen-bond donors (Lipinski definition) is 1. The van der Waals surface area contributed by atoms with Crippen LogP contribution >= 0.6 is 0 Å². The molecule has 6 nitrogen and oxygen atoms in total. The minimum Gasteiger partial charge on any atom is -0.351 e. The van der Waals surface area contributed by atoms with Gasteiger partial charge in [0.2, 0.25) is 0 Å². The van der Waals surface area contributed by atoms with Gasteiger partial charge in [-0.1, -0.05) is 18.2 Å². The van der Waals surface area contributed by atoms with E-state index in [1.807, 2.05) is 41.1 Å². The van der Waals surface area contributed by atoms with Crippen LogP contribution in [0.4, 0.5) is 0 Å². The quantitative estimate of drug-likeness (QED) is 0.706. The summed E-state index contributed by atoms with van der Waals surface area (Å²) >= 11 is 0. The number of carbonyl (C=O) groups is 1. The Morgan fingerprint density at radius 1 is 1.14 bits per heavy atom. The van der Waals surface area contributed by atoms with Crippen molar-refractivity contribution in [2.24, 2.45) is 0 Å². The number of para-hydroxylation sites is 1. The Morgan fingerprint density at radius 2 is 2.00 bits per heavy atom. The molecule has 1 amide bonds. The van der Waals surface area contributed by atoms with Crippen LogP contribution in [-0.2, 0) is 6.54 Å². The fourth-order valence-corrected chi connectivity index (χ4v) is 2.23. The van der Waals surface area contributed by atoms with Crippen LogP contribution in [-0.4, -0.2) is 31.6 Å². The number of carbonyl (C=O) groups excluding carboxylic acids is 1. The van der Waals surface area contributed by atoms with Crippen LogP contribution in [0.25, 0.3) is 5.69 Å². The summed E-state index contributed by atoms with van der Waals surface area (Å²) in [6.07, 6.45) is 9.51. The molecule has 0 aliphatic rings. The molecule has 0 aliphatic heterocycles. The molecule has 0 saturated carbocycles. The molecular formula is C16H17N5O. The average molecular weight is 295 g/mol. The third-order valence-corrected chi connectivity index (χ3v) is 3.34. The van der Waals surface area contributed by atoms with E-state index < -0.39 is 0 Å². The zero-order valence-electron chi connectivity index (χ0n) is 12.1. The second-order valence-electron chi connectivity index (χ2n) is 4.89. The smallest absolute Gasteiger partial charge is 0.269 e. The fraction of sp³-hybridized carbons (Fsp3) is 0.188. The molecule has 0 aliphatic carbocycles. The molecule has 1 N–H and O–H groups in total. The first-order valence-corrected chi connectivity index (χ1v) is 7.16. The Balaban J connectivity index is 1.58. The maximum Gasteiger partial charge on any atom is 0.269 e. The highest BCUT2D eigenvalue weighted by molar-refractivity contribution is 5.92. The molecule has 112 valence electrons. The number of rotatable bonds is 6. The van der Waals surface area contributed by atoms with Crippen molar-refractivity contribution in [3.05, 3.63) is 67.3 Å². The number of aromatic nitrogens is 4. The van der Waals surface area contributed by atoms with Crippen molar-refractivity contribution in [2.45, 2.75) is 13.0 Å². The zero-order chi connectivity index (χ0) is 15.2. The Kier molecular flexibility index (Phi) is 4.29. The van der Waals surface area contributed by atoms with Crippen LogP contribution in [0.5, 0.6) is 0 Å². The SMILES string of the molecule is O=C(NCCCn1ccnc1)c1cncn1-c1ccccc1. The summed E-state index contributed by atoms with van der Waals surface area (Å²) in [5, 5.41) is 2.92. The highest BCUT2D eigenvalue weighted by Gasteiger charge is 2.12. The van der Waals surface area contributed by atoms with Gasteiger partial charge in [0.25, 0.3) is 5.91 Å². The molecule has 0 unspecified atom stereocenters. The third-order valence-electron chi connectivity index (χ3n) is 3.34. The number of amides is 1. The largest absolute Gasteiger partial charge is 0.351 e. The summed E-state index contributed by atoms with van der Waals surface area (Å²) in [4.78, 5) is 20.3. The summed E-state index contributed by atoms with van der Waals surface area (Å²) in [5.41, 5.74) is 1.46. The average Bonchev–Trinajstić information content (AvgIpc) is 3.23. The number of aryl methyl sites for hydroxylation is 1. The number of nitrogens with one attached hydrogen (secondary N) is 1. The zero-order valence-corrected chi connectivity index (χ0v) is 12.1. The maximum absolute atomic E-state index is 12.3. The predicted octanol–water partition coefficient (Wildman–Crippen LogP) is 1.89.